The molecule has 2 aliphatic heterocycles. The maximum Gasteiger partial charge on any atom is 0.401 e. The number of halogens is 6. The molecule has 2 aromatic carbocycles. The van der Waals surface area contributed by atoms with Crippen molar-refractivity contribution in [2.75, 3.05) is 38.2 Å². The van der Waals surface area contributed by atoms with Crippen molar-refractivity contribution < 1.29 is 26.3 Å². The lowest BCUT2D eigenvalue weighted by Gasteiger charge is -2.41. The Hall–Kier alpha value is -3.16. The number of aromatic nitrogens is 1. The average Bonchev–Trinajstić information content (AvgIpc) is 3.46. The van der Waals surface area contributed by atoms with Crippen molar-refractivity contribution in [3.63, 3.8) is 0 Å². The van der Waals surface area contributed by atoms with E-state index in [1.54, 1.807) is 25.1 Å². The number of rotatable bonds is 7. The topological polar surface area (TPSA) is 34.3 Å². The first-order valence-corrected chi connectivity index (χ1v) is 13.1. The zero-order valence-electron chi connectivity index (χ0n) is 21.5. The summed E-state index contributed by atoms with van der Waals surface area (Å²) < 4.78 is 85.0. The quantitative estimate of drug-likeness (QED) is 0.274. The fourth-order valence-corrected chi connectivity index (χ4v) is 6.01. The van der Waals surface area contributed by atoms with E-state index in [2.05, 4.69) is 21.1 Å². The van der Waals surface area contributed by atoms with E-state index in [1.807, 2.05) is 0 Å². The van der Waals surface area contributed by atoms with Crippen LogP contribution in [-0.4, -0.2) is 65.9 Å². The van der Waals surface area contributed by atoms with Gasteiger partial charge in [-0.3, -0.25) is 9.29 Å². The van der Waals surface area contributed by atoms with Gasteiger partial charge in [0.25, 0.3) is 0 Å². The molecule has 1 saturated heterocycles. The van der Waals surface area contributed by atoms with E-state index in [0.717, 1.165) is 35.4 Å². The summed E-state index contributed by atoms with van der Waals surface area (Å²) in [7, 11) is 0. The van der Waals surface area contributed by atoms with Gasteiger partial charge in [-0.1, -0.05) is 5.92 Å². The van der Waals surface area contributed by atoms with E-state index in [1.165, 1.54) is 0 Å². The van der Waals surface area contributed by atoms with Gasteiger partial charge in [0, 0.05) is 65.1 Å². The molecule has 0 saturated carbocycles. The third kappa shape index (κ3) is 5.61. The first-order chi connectivity index (χ1) is 18.6. The molecule has 5 rings (SSSR count). The Balaban J connectivity index is 1.53. The minimum absolute atomic E-state index is 0.0728. The summed E-state index contributed by atoms with van der Waals surface area (Å²) in [6.45, 7) is 1.88. The second-order valence-corrected chi connectivity index (χ2v) is 10.5. The predicted molar refractivity (Wildman–Crippen MR) is 139 cm³/mol. The second kappa shape index (κ2) is 10.8. The second-order valence-electron chi connectivity index (χ2n) is 10.5. The van der Waals surface area contributed by atoms with Gasteiger partial charge in [-0.2, -0.15) is 13.2 Å². The number of likely N-dealkylation sites (tertiary alicyclic amines) is 1. The van der Waals surface area contributed by atoms with Crippen LogP contribution in [0.2, 0.25) is 0 Å². The van der Waals surface area contributed by atoms with Gasteiger partial charge in [-0.05, 0) is 62.1 Å². The number of nitrogens with zero attached hydrogens (tertiary/aromatic N) is 2. The summed E-state index contributed by atoms with van der Waals surface area (Å²) in [6, 6.07) is 5.46. The van der Waals surface area contributed by atoms with Gasteiger partial charge in [0.2, 0.25) is 0 Å². The van der Waals surface area contributed by atoms with Crippen LogP contribution in [0, 0.1) is 24.0 Å². The molecule has 0 amide bonds. The van der Waals surface area contributed by atoms with Gasteiger partial charge in [0.05, 0.1) is 19.3 Å². The Morgan fingerprint density at radius 1 is 1.15 bits per heavy atom. The number of benzene rings is 2. The van der Waals surface area contributed by atoms with E-state index in [4.69, 9.17) is 6.42 Å². The maximum absolute atomic E-state index is 15.7. The molecular formula is C29H30F6N4. The SMILES string of the molecule is C#Cc1ccc2[nH]c3c(c2c1)C[C@H](C)N(CC(F)(F)F)[C@H]3c1c(F)cc(N[C@H]2CCN(CCCF)C2)cc1F. The zero-order chi connectivity index (χ0) is 27.9. The van der Waals surface area contributed by atoms with Crippen LogP contribution < -0.4 is 5.32 Å². The fourth-order valence-electron chi connectivity index (χ4n) is 6.01. The van der Waals surface area contributed by atoms with Gasteiger partial charge in [0.15, 0.2) is 0 Å². The number of H-pyrrole nitrogens is 1. The van der Waals surface area contributed by atoms with Gasteiger partial charge >= 0.3 is 6.18 Å². The Bertz CT molecular complexity index is 1370. The molecular weight excluding hydrogens is 518 g/mol. The number of hydrogen-bond acceptors (Lipinski definition) is 3. The Morgan fingerprint density at radius 2 is 1.90 bits per heavy atom. The zero-order valence-corrected chi connectivity index (χ0v) is 21.5. The predicted octanol–water partition coefficient (Wildman–Crippen LogP) is 6.17. The molecule has 3 aromatic rings. The minimum Gasteiger partial charge on any atom is -0.381 e. The van der Waals surface area contributed by atoms with Crippen molar-refractivity contribution in [2.45, 2.75) is 50.5 Å². The number of aromatic amines is 1. The van der Waals surface area contributed by atoms with E-state index in [9.17, 15) is 17.6 Å². The Labute approximate surface area is 223 Å². The highest BCUT2D eigenvalue weighted by molar-refractivity contribution is 5.87. The van der Waals surface area contributed by atoms with Crippen LogP contribution in [-0.2, 0) is 6.42 Å². The van der Waals surface area contributed by atoms with Gasteiger partial charge in [-0.25, -0.2) is 8.78 Å². The van der Waals surface area contributed by atoms with Gasteiger partial charge < -0.3 is 15.2 Å². The molecule has 0 unspecified atom stereocenters. The lowest BCUT2D eigenvalue weighted by molar-refractivity contribution is -0.155. The van der Waals surface area contributed by atoms with Crippen molar-refractivity contribution in [3.8, 4) is 12.3 Å². The third-order valence-corrected chi connectivity index (χ3v) is 7.74. The molecule has 39 heavy (non-hydrogen) atoms. The fraction of sp³-hybridized carbons (Fsp3) is 0.448. The van der Waals surface area contributed by atoms with Crippen LogP contribution in [0.3, 0.4) is 0 Å². The molecule has 1 aromatic heterocycles. The Morgan fingerprint density at radius 3 is 2.56 bits per heavy atom. The largest absolute Gasteiger partial charge is 0.401 e. The molecule has 2 N–H and O–H groups in total. The van der Waals surface area contributed by atoms with Crippen LogP contribution in [0.4, 0.5) is 32.0 Å². The summed E-state index contributed by atoms with van der Waals surface area (Å²) in [4.78, 5) is 6.33. The van der Waals surface area contributed by atoms with E-state index in [-0.39, 0.29) is 18.2 Å². The summed E-state index contributed by atoms with van der Waals surface area (Å²) >= 11 is 0. The molecule has 0 aliphatic carbocycles. The lowest BCUT2D eigenvalue weighted by atomic mass is 9.87. The Kier molecular flexibility index (Phi) is 7.57. The normalized spacial score (nSPS) is 22.3. The number of anilines is 1. The molecule has 0 spiro atoms. The number of fused-ring (bicyclic) bond motifs is 3. The summed E-state index contributed by atoms with van der Waals surface area (Å²) in [5.41, 5.74) is 2.07. The molecule has 2 aliphatic rings. The van der Waals surface area contributed by atoms with Gasteiger partial charge in [-0.15, -0.1) is 6.42 Å². The standard InChI is InChI=1S/C29H30F6N4/c1-3-18-5-6-25-21(12-18)22-11-17(2)39(16-29(33,34)35)28(27(22)37-25)26-23(31)13-20(14-24(26)32)36-19-7-10-38(15-19)9-4-8-30/h1,5-6,12-14,17,19,28,36-37H,4,7-11,15-16H2,2H3/t17-,19-,28-/m0/s1. The molecule has 10 heteroatoms. The molecule has 0 bridgehead atoms. The number of alkyl halides is 4. The maximum atomic E-state index is 15.7. The van der Waals surface area contributed by atoms with E-state index >= 15 is 8.78 Å². The monoisotopic (exact) mass is 548 g/mol. The lowest BCUT2D eigenvalue weighted by Crippen LogP contribution is -2.47. The highest BCUT2D eigenvalue weighted by atomic mass is 19.4. The number of terminal acetylenes is 1. The van der Waals surface area contributed by atoms with Crippen molar-refractivity contribution in [1.82, 2.24) is 14.8 Å². The van der Waals surface area contributed by atoms with Crippen LogP contribution in [0.15, 0.2) is 30.3 Å². The molecule has 3 atom stereocenters. The molecule has 0 radical (unpaired) electrons. The minimum atomic E-state index is -4.57. The molecule has 208 valence electrons. The van der Waals surface area contributed by atoms with Crippen molar-refractivity contribution in [2.24, 2.45) is 0 Å². The summed E-state index contributed by atoms with van der Waals surface area (Å²) in [5.74, 6) is 0.705. The highest BCUT2D eigenvalue weighted by Gasteiger charge is 2.44. The molecule has 4 nitrogen and oxygen atoms in total. The summed E-state index contributed by atoms with van der Waals surface area (Å²) in [6.07, 6.45) is 2.40. The van der Waals surface area contributed by atoms with Crippen molar-refractivity contribution >= 4 is 16.6 Å². The third-order valence-electron chi connectivity index (χ3n) is 7.74. The number of nitrogens with one attached hydrogen (secondary N) is 2. The van der Waals surface area contributed by atoms with Crippen LogP contribution in [0.5, 0.6) is 0 Å². The summed E-state index contributed by atoms with van der Waals surface area (Å²) in [5, 5.41) is 3.87. The molecule has 3 heterocycles. The van der Waals surface area contributed by atoms with Crippen molar-refractivity contribution in [3.05, 3.63) is 64.4 Å². The first-order valence-electron chi connectivity index (χ1n) is 13.1. The van der Waals surface area contributed by atoms with E-state index in [0.29, 0.717) is 41.8 Å². The average molecular weight is 549 g/mol. The highest BCUT2D eigenvalue weighted by Crippen LogP contribution is 2.44. The van der Waals surface area contributed by atoms with Crippen LogP contribution in [0.25, 0.3) is 10.9 Å². The van der Waals surface area contributed by atoms with Crippen LogP contribution >= 0.6 is 0 Å². The molecule has 1 fully saturated rings. The number of hydrogen-bond donors (Lipinski definition) is 2. The van der Waals surface area contributed by atoms with E-state index < -0.39 is 48.7 Å². The van der Waals surface area contributed by atoms with Gasteiger partial charge in [0.1, 0.15) is 11.6 Å². The first kappa shape index (κ1) is 27.4. The van der Waals surface area contributed by atoms with Crippen LogP contribution in [0.1, 0.15) is 48.2 Å². The van der Waals surface area contributed by atoms with Crippen molar-refractivity contribution in [1.29, 1.82) is 0 Å². The smallest absolute Gasteiger partial charge is 0.381 e.